The fraction of sp³-hybridized carbons (Fsp3) is 0.120. The monoisotopic (exact) mass is 508 g/mol. The molecule has 0 N–H and O–H groups in total. The van der Waals surface area contributed by atoms with Gasteiger partial charge in [0.25, 0.3) is 0 Å². The number of rotatable bonds is 5. The van der Waals surface area contributed by atoms with Gasteiger partial charge >= 0.3 is 5.97 Å². The predicted molar refractivity (Wildman–Crippen MR) is 112 cm³/mol. The van der Waals surface area contributed by atoms with Crippen LogP contribution in [0.3, 0.4) is 0 Å². The average molecular weight is 508 g/mol. The predicted octanol–water partition coefficient (Wildman–Crippen LogP) is 5.82. The molecule has 1 unspecified atom stereocenters. The van der Waals surface area contributed by atoms with E-state index in [0.717, 1.165) is 6.92 Å². The maximum absolute atomic E-state index is 13.9. The van der Waals surface area contributed by atoms with Crippen LogP contribution in [0.2, 0.25) is 0 Å². The number of ketones is 1. The summed E-state index contributed by atoms with van der Waals surface area (Å²) in [6, 6.07) is 8.15. The fourth-order valence-corrected chi connectivity index (χ4v) is 3.38. The Balaban J connectivity index is 1.55. The van der Waals surface area contributed by atoms with Crippen LogP contribution in [0.15, 0.2) is 42.2 Å². The van der Waals surface area contributed by atoms with E-state index in [1.54, 1.807) is 6.07 Å². The van der Waals surface area contributed by atoms with Crippen molar-refractivity contribution in [2.75, 3.05) is 0 Å². The molecule has 0 amide bonds. The molecule has 0 aromatic heterocycles. The highest BCUT2D eigenvalue weighted by Crippen LogP contribution is 2.38. The Morgan fingerprint density at radius 3 is 2.19 bits per heavy atom. The number of fused-ring (bicyclic) bond motifs is 1. The van der Waals surface area contributed by atoms with Crippen molar-refractivity contribution < 1.29 is 50.1 Å². The second-order valence-corrected chi connectivity index (χ2v) is 7.65. The van der Waals surface area contributed by atoms with E-state index in [1.165, 1.54) is 43.3 Å². The zero-order valence-corrected chi connectivity index (χ0v) is 18.4. The topological polar surface area (TPSA) is 61.8 Å². The van der Waals surface area contributed by atoms with Gasteiger partial charge in [-0.1, -0.05) is 18.2 Å². The first-order valence-corrected chi connectivity index (χ1v) is 10.2. The summed E-state index contributed by atoms with van der Waals surface area (Å²) >= 11 is 0. The van der Waals surface area contributed by atoms with Crippen molar-refractivity contribution in [1.29, 1.82) is 0 Å². The molecule has 1 heterocycles. The number of allylic oxidation sites excluding steroid dienone is 1. The smallest absolute Gasteiger partial charge is 0.352 e. The molecule has 5 nitrogen and oxygen atoms in total. The summed E-state index contributed by atoms with van der Waals surface area (Å²) < 4.78 is 96.8. The van der Waals surface area contributed by atoms with Crippen molar-refractivity contribution in [2.45, 2.75) is 20.0 Å². The SMILES string of the molecule is Cc1cc(OC(=O)C(C)Oc2c(F)c(F)c(F)c(F)c2F)cc2c1C(=O)/C(=C/c1ccccc1F)O2. The van der Waals surface area contributed by atoms with Gasteiger partial charge in [0.15, 0.2) is 17.6 Å². The van der Waals surface area contributed by atoms with Gasteiger partial charge in [0.05, 0.1) is 5.56 Å². The van der Waals surface area contributed by atoms with Crippen LogP contribution < -0.4 is 14.2 Å². The molecule has 0 bridgehead atoms. The molecule has 0 saturated heterocycles. The Morgan fingerprint density at radius 1 is 0.944 bits per heavy atom. The van der Waals surface area contributed by atoms with Gasteiger partial charge in [-0.15, -0.1) is 0 Å². The summed E-state index contributed by atoms with van der Waals surface area (Å²) in [7, 11) is 0. The lowest BCUT2D eigenvalue weighted by Gasteiger charge is -2.16. The molecular weight excluding hydrogens is 494 g/mol. The molecule has 0 spiro atoms. The maximum Gasteiger partial charge on any atom is 0.352 e. The summed E-state index contributed by atoms with van der Waals surface area (Å²) in [5.74, 6) is -15.7. The lowest BCUT2D eigenvalue weighted by molar-refractivity contribution is -0.141. The maximum atomic E-state index is 13.9. The molecule has 0 radical (unpaired) electrons. The first-order valence-electron chi connectivity index (χ1n) is 10.2. The Hall–Kier alpha value is -4.28. The van der Waals surface area contributed by atoms with Crippen molar-refractivity contribution in [2.24, 2.45) is 0 Å². The summed E-state index contributed by atoms with van der Waals surface area (Å²) in [6.45, 7) is 2.48. The average Bonchev–Trinajstić information content (AvgIpc) is 3.15. The minimum Gasteiger partial charge on any atom is -0.473 e. The molecule has 1 aliphatic heterocycles. The highest BCUT2D eigenvalue weighted by molar-refractivity contribution is 6.15. The van der Waals surface area contributed by atoms with Crippen LogP contribution in [0.25, 0.3) is 6.08 Å². The lowest BCUT2D eigenvalue weighted by atomic mass is 10.0. The van der Waals surface area contributed by atoms with E-state index in [0.29, 0.717) is 5.56 Å². The van der Waals surface area contributed by atoms with E-state index in [-0.39, 0.29) is 28.4 Å². The van der Waals surface area contributed by atoms with Gasteiger partial charge in [0.1, 0.15) is 17.3 Å². The number of carbonyl (C=O) groups is 2. The van der Waals surface area contributed by atoms with Gasteiger partial charge in [-0.25, -0.2) is 22.4 Å². The molecule has 186 valence electrons. The van der Waals surface area contributed by atoms with Crippen LogP contribution in [-0.2, 0) is 4.79 Å². The third-order valence-electron chi connectivity index (χ3n) is 5.15. The van der Waals surface area contributed by atoms with Gasteiger partial charge in [-0.05, 0) is 37.6 Å². The molecule has 1 atom stereocenters. The minimum absolute atomic E-state index is 0.00118. The van der Waals surface area contributed by atoms with E-state index < -0.39 is 58.5 Å². The third kappa shape index (κ3) is 4.39. The van der Waals surface area contributed by atoms with E-state index in [4.69, 9.17) is 9.47 Å². The summed E-state index contributed by atoms with van der Waals surface area (Å²) in [5.41, 5.74) is 0.575. The second-order valence-electron chi connectivity index (χ2n) is 7.65. The highest BCUT2D eigenvalue weighted by atomic mass is 19.2. The molecular formula is C25H14F6O5. The van der Waals surface area contributed by atoms with E-state index in [1.807, 2.05) is 0 Å². The number of ether oxygens (including phenoxy) is 3. The lowest BCUT2D eigenvalue weighted by Crippen LogP contribution is -2.29. The number of Topliss-reactive ketones (excluding diaryl/α,β-unsaturated/α-hetero) is 1. The molecule has 0 aliphatic carbocycles. The van der Waals surface area contributed by atoms with Crippen molar-refractivity contribution in [3.63, 3.8) is 0 Å². The fourth-order valence-electron chi connectivity index (χ4n) is 3.38. The van der Waals surface area contributed by atoms with Crippen LogP contribution >= 0.6 is 0 Å². The van der Waals surface area contributed by atoms with Gasteiger partial charge in [0.2, 0.25) is 34.9 Å². The summed E-state index contributed by atoms with van der Waals surface area (Å²) in [6.07, 6.45) is -0.589. The van der Waals surface area contributed by atoms with Gasteiger partial charge in [0, 0.05) is 11.6 Å². The highest BCUT2D eigenvalue weighted by Gasteiger charge is 2.32. The Bertz CT molecular complexity index is 1420. The van der Waals surface area contributed by atoms with Gasteiger partial charge < -0.3 is 14.2 Å². The minimum atomic E-state index is -2.38. The van der Waals surface area contributed by atoms with Crippen molar-refractivity contribution in [3.05, 3.63) is 93.8 Å². The normalized spacial score (nSPS) is 14.4. The number of esters is 1. The summed E-state index contributed by atoms with van der Waals surface area (Å²) in [4.78, 5) is 25.1. The quantitative estimate of drug-likeness (QED) is 0.109. The van der Waals surface area contributed by atoms with E-state index in [9.17, 15) is 35.9 Å². The van der Waals surface area contributed by atoms with E-state index in [2.05, 4.69) is 4.74 Å². The molecule has 0 fully saturated rings. The largest absolute Gasteiger partial charge is 0.473 e. The van der Waals surface area contributed by atoms with Crippen LogP contribution in [-0.4, -0.2) is 17.9 Å². The van der Waals surface area contributed by atoms with Crippen LogP contribution in [0.5, 0.6) is 17.2 Å². The Kier molecular flexibility index (Phi) is 6.49. The number of carbonyl (C=O) groups excluding carboxylic acids is 2. The number of benzene rings is 3. The zero-order chi connectivity index (χ0) is 26.3. The Morgan fingerprint density at radius 2 is 1.56 bits per heavy atom. The molecule has 0 saturated carbocycles. The second kappa shape index (κ2) is 9.40. The molecule has 3 aromatic rings. The number of halogens is 6. The zero-order valence-electron chi connectivity index (χ0n) is 18.4. The number of hydrogen-bond donors (Lipinski definition) is 0. The molecule has 4 rings (SSSR count). The number of aryl methyl sites for hydroxylation is 1. The van der Waals surface area contributed by atoms with Crippen LogP contribution in [0, 0.1) is 41.8 Å². The van der Waals surface area contributed by atoms with Gasteiger partial charge in [-0.2, -0.15) is 8.78 Å². The van der Waals surface area contributed by atoms with Gasteiger partial charge in [-0.3, -0.25) is 4.79 Å². The van der Waals surface area contributed by atoms with Crippen LogP contribution in [0.1, 0.15) is 28.4 Å². The molecule has 11 heteroatoms. The standard InChI is InChI=1S/C25H14F6O5/c1-10-7-13(9-15-17(10)23(32)16(36-15)8-12-5-3-4-6-14(12)26)35-25(33)11(2)34-24-21(30)19(28)18(27)20(29)22(24)31/h3-9,11H,1-2H3/b16-8-. The molecule has 3 aromatic carbocycles. The first kappa shape index (κ1) is 24.8. The number of hydrogen-bond acceptors (Lipinski definition) is 5. The van der Waals surface area contributed by atoms with Crippen molar-refractivity contribution in [3.8, 4) is 17.2 Å². The first-order chi connectivity index (χ1) is 17.0. The Labute approximate surface area is 199 Å². The van der Waals surface area contributed by atoms with Crippen molar-refractivity contribution in [1.82, 2.24) is 0 Å². The van der Waals surface area contributed by atoms with Crippen LogP contribution in [0.4, 0.5) is 26.3 Å². The van der Waals surface area contributed by atoms with Crippen molar-refractivity contribution >= 4 is 17.8 Å². The molecule has 36 heavy (non-hydrogen) atoms. The summed E-state index contributed by atoms with van der Waals surface area (Å²) in [5, 5.41) is 0. The third-order valence-corrected chi connectivity index (χ3v) is 5.15. The molecule has 1 aliphatic rings. The van der Waals surface area contributed by atoms with E-state index >= 15 is 0 Å².